The minimum absolute atomic E-state index is 0.528. The summed E-state index contributed by atoms with van der Waals surface area (Å²) in [6.45, 7) is 2.01. The Labute approximate surface area is 124 Å². The zero-order chi connectivity index (χ0) is 14.2. The number of oxazole rings is 1. The van der Waals surface area contributed by atoms with Crippen LogP contribution in [0.4, 0.5) is 0 Å². The highest BCUT2D eigenvalue weighted by Crippen LogP contribution is 2.26. The van der Waals surface area contributed by atoms with Gasteiger partial charge in [0.15, 0.2) is 11.5 Å². The van der Waals surface area contributed by atoms with Gasteiger partial charge in [-0.1, -0.05) is 12.1 Å². The molecule has 104 valence electrons. The van der Waals surface area contributed by atoms with Gasteiger partial charge in [-0.3, -0.25) is 0 Å². The first-order valence-corrected chi connectivity index (χ1v) is 7.54. The normalized spacial score (nSPS) is 11.3. The van der Waals surface area contributed by atoms with Crippen LogP contribution in [0.3, 0.4) is 0 Å². The van der Waals surface area contributed by atoms with Gasteiger partial charge in [0, 0.05) is 17.4 Å². The molecule has 0 spiro atoms. The minimum Gasteiger partial charge on any atom is -0.441 e. The number of hydrogen-bond acceptors (Lipinski definition) is 6. The van der Waals surface area contributed by atoms with Crippen LogP contribution in [-0.4, -0.2) is 15.1 Å². The van der Waals surface area contributed by atoms with E-state index < -0.39 is 0 Å². The summed E-state index contributed by atoms with van der Waals surface area (Å²) in [7, 11) is 0. The lowest BCUT2D eigenvalue weighted by Gasteiger charge is -1.92. The number of hydrogen-bond donors (Lipinski definition) is 0. The highest BCUT2D eigenvalue weighted by atomic mass is 32.1. The second kappa shape index (κ2) is 4.82. The molecule has 0 aliphatic carbocycles. The summed E-state index contributed by atoms with van der Waals surface area (Å²) in [6, 6.07) is 7.67. The maximum Gasteiger partial charge on any atom is 0.259 e. The number of thiophene rings is 1. The smallest absolute Gasteiger partial charge is 0.259 e. The van der Waals surface area contributed by atoms with Gasteiger partial charge in [0.1, 0.15) is 5.52 Å². The van der Waals surface area contributed by atoms with E-state index in [1.165, 1.54) is 0 Å². The minimum atomic E-state index is 0.528. The molecule has 5 nitrogen and oxygen atoms in total. The molecule has 0 aliphatic rings. The van der Waals surface area contributed by atoms with Crippen LogP contribution < -0.4 is 0 Å². The van der Waals surface area contributed by atoms with Gasteiger partial charge < -0.3 is 8.94 Å². The predicted molar refractivity (Wildman–Crippen MR) is 80.0 cm³/mol. The Hall–Kier alpha value is -2.47. The second-order valence-corrected chi connectivity index (χ2v) is 5.36. The molecule has 21 heavy (non-hydrogen) atoms. The van der Waals surface area contributed by atoms with Crippen LogP contribution in [0.2, 0.25) is 0 Å². The lowest BCUT2D eigenvalue weighted by Crippen LogP contribution is -1.81. The van der Waals surface area contributed by atoms with E-state index in [0.29, 0.717) is 11.7 Å². The Bertz CT molecular complexity index is 893. The molecular weight excluding hydrogens is 286 g/mol. The van der Waals surface area contributed by atoms with E-state index in [1.54, 1.807) is 11.3 Å². The van der Waals surface area contributed by atoms with Gasteiger partial charge in [0.25, 0.3) is 5.89 Å². The second-order valence-electron chi connectivity index (χ2n) is 4.58. The fourth-order valence-electron chi connectivity index (χ4n) is 2.11. The first kappa shape index (κ1) is 12.3. The van der Waals surface area contributed by atoms with Crippen molar-refractivity contribution in [1.82, 2.24) is 15.1 Å². The van der Waals surface area contributed by atoms with E-state index in [-0.39, 0.29) is 0 Å². The molecule has 0 atom stereocenters. The summed E-state index contributed by atoms with van der Waals surface area (Å²) in [5, 5.41) is 7.99. The van der Waals surface area contributed by atoms with Crippen LogP contribution in [0.15, 0.2) is 44.0 Å². The first-order valence-electron chi connectivity index (χ1n) is 6.59. The third-order valence-corrected chi connectivity index (χ3v) is 3.87. The number of rotatable bonds is 3. The highest BCUT2D eigenvalue weighted by Gasteiger charge is 2.12. The highest BCUT2D eigenvalue weighted by molar-refractivity contribution is 7.08. The number of aromatic nitrogens is 3. The predicted octanol–water partition coefficient (Wildman–Crippen LogP) is 4.17. The molecule has 4 aromatic rings. The van der Waals surface area contributed by atoms with Gasteiger partial charge in [0.2, 0.25) is 5.82 Å². The number of aryl methyl sites for hydroxylation is 1. The molecule has 0 amide bonds. The van der Waals surface area contributed by atoms with Crippen molar-refractivity contribution < 1.29 is 8.94 Å². The van der Waals surface area contributed by atoms with Gasteiger partial charge in [0.05, 0.1) is 5.56 Å². The third kappa shape index (κ3) is 2.13. The van der Waals surface area contributed by atoms with Gasteiger partial charge in [-0.2, -0.15) is 16.3 Å². The topological polar surface area (TPSA) is 65.0 Å². The van der Waals surface area contributed by atoms with E-state index in [9.17, 15) is 0 Å². The molecule has 1 aromatic carbocycles. The third-order valence-electron chi connectivity index (χ3n) is 3.19. The molecule has 4 rings (SSSR count). The summed E-state index contributed by atoms with van der Waals surface area (Å²) in [6.07, 6.45) is 0.772. The van der Waals surface area contributed by atoms with Crippen molar-refractivity contribution >= 4 is 22.4 Å². The lowest BCUT2D eigenvalue weighted by molar-refractivity contribution is 0.432. The maximum absolute atomic E-state index is 5.60. The van der Waals surface area contributed by atoms with Crippen molar-refractivity contribution in [2.75, 3.05) is 0 Å². The number of nitrogens with zero attached hydrogens (tertiary/aromatic N) is 3. The van der Waals surface area contributed by atoms with Gasteiger partial charge in [-0.15, -0.1) is 0 Å². The van der Waals surface area contributed by atoms with Crippen LogP contribution in [0.5, 0.6) is 0 Å². The lowest BCUT2D eigenvalue weighted by atomic mass is 10.2. The molecule has 0 aliphatic heterocycles. The molecule has 0 unspecified atom stereocenters. The average molecular weight is 297 g/mol. The SMILES string of the molecule is CCc1nc2cc(-c3noc(-c4ccsc4)n3)ccc2o1. The Kier molecular flexibility index (Phi) is 2.82. The number of benzene rings is 1. The van der Waals surface area contributed by atoms with Crippen LogP contribution >= 0.6 is 11.3 Å². The zero-order valence-electron chi connectivity index (χ0n) is 11.2. The Morgan fingerprint density at radius 3 is 2.90 bits per heavy atom. The van der Waals surface area contributed by atoms with Crippen LogP contribution in [0, 0.1) is 0 Å². The van der Waals surface area contributed by atoms with Crippen LogP contribution in [0.25, 0.3) is 33.9 Å². The average Bonchev–Trinajstić information content (AvgIpc) is 3.24. The Balaban J connectivity index is 1.76. The summed E-state index contributed by atoms with van der Waals surface area (Å²) in [4.78, 5) is 8.85. The summed E-state index contributed by atoms with van der Waals surface area (Å²) in [5.74, 6) is 1.81. The summed E-state index contributed by atoms with van der Waals surface area (Å²) in [5.41, 5.74) is 3.39. The molecular formula is C15H11N3O2S. The molecule has 0 saturated carbocycles. The maximum atomic E-state index is 5.60. The van der Waals surface area contributed by atoms with E-state index in [1.807, 2.05) is 41.9 Å². The molecule has 0 fully saturated rings. The molecule has 3 aromatic heterocycles. The number of fused-ring (bicyclic) bond motifs is 1. The van der Waals surface area contributed by atoms with Gasteiger partial charge in [-0.05, 0) is 29.6 Å². The van der Waals surface area contributed by atoms with Crippen molar-refractivity contribution in [3.05, 3.63) is 40.9 Å². The van der Waals surface area contributed by atoms with Crippen molar-refractivity contribution in [3.63, 3.8) is 0 Å². The van der Waals surface area contributed by atoms with Crippen LogP contribution in [0.1, 0.15) is 12.8 Å². The molecule has 6 heteroatoms. The van der Waals surface area contributed by atoms with E-state index >= 15 is 0 Å². The van der Waals surface area contributed by atoms with Crippen LogP contribution in [-0.2, 0) is 6.42 Å². The molecule has 3 heterocycles. The van der Waals surface area contributed by atoms with E-state index in [2.05, 4.69) is 15.1 Å². The largest absolute Gasteiger partial charge is 0.441 e. The van der Waals surface area contributed by atoms with Gasteiger partial charge >= 0.3 is 0 Å². The summed E-state index contributed by atoms with van der Waals surface area (Å²) >= 11 is 1.60. The van der Waals surface area contributed by atoms with Crippen molar-refractivity contribution in [2.45, 2.75) is 13.3 Å². The quantitative estimate of drug-likeness (QED) is 0.568. The standard InChI is InChI=1S/C15H11N3O2S/c1-2-13-16-11-7-9(3-4-12(11)19-13)14-17-15(20-18-14)10-5-6-21-8-10/h3-8H,2H2,1H3. The van der Waals surface area contributed by atoms with E-state index in [0.717, 1.165) is 34.5 Å². The van der Waals surface area contributed by atoms with Crippen molar-refractivity contribution in [2.24, 2.45) is 0 Å². The monoisotopic (exact) mass is 297 g/mol. The fraction of sp³-hybridized carbons (Fsp3) is 0.133. The fourth-order valence-corrected chi connectivity index (χ4v) is 2.74. The summed E-state index contributed by atoms with van der Waals surface area (Å²) < 4.78 is 10.9. The molecule has 0 saturated heterocycles. The molecule has 0 bridgehead atoms. The van der Waals surface area contributed by atoms with E-state index in [4.69, 9.17) is 8.94 Å². The first-order chi connectivity index (χ1) is 10.3. The van der Waals surface area contributed by atoms with Crippen molar-refractivity contribution in [1.29, 1.82) is 0 Å². The van der Waals surface area contributed by atoms with Gasteiger partial charge in [-0.25, -0.2) is 4.98 Å². The Morgan fingerprint density at radius 1 is 1.14 bits per heavy atom. The van der Waals surface area contributed by atoms with Crippen molar-refractivity contribution in [3.8, 4) is 22.8 Å². The molecule has 0 N–H and O–H groups in total. The molecule has 0 radical (unpaired) electrons. The Morgan fingerprint density at radius 2 is 2.10 bits per heavy atom. The zero-order valence-corrected chi connectivity index (χ0v) is 12.1.